The Hall–Kier alpha value is -4.01. The molecule has 0 saturated heterocycles. The monoisotopic (exact) mass is 446 g/mol. The predicted octanol–water partition coefficient (Wildman–Crippen LogP) is 6.56. The number of aryl methyl sites for hydroxylation is 2. The Morgan fingerprint density at radius 1 is 0.781 bits per heavy atom. The molecule has 0 bridgehead atoms. The molecule has 0 aliphatic rings. The van der Waals surface area contributed by atoms with Crippen LogP contribution in [0, 0.1) is 13.8 Å². The summed E-state index contributed by atoms with van der Waals surface area (Å²) in [6, 6.07) is 18.8. The maximum atomic E-state index is 13.7. The van der Waals surface area contributed by atoms with Gasteiger partial charge in [-0.1, -0.05) is 42.5 Å². The average molecular weight is 446 g/mol. The summed E-state index contributed by atoms with van der Waals surface area (Å²) < 4.78 is 25.2. The van der Waals surface area contributed by atoms with E-state index >= 15 is 0 Å². The fourth-order valence-corrected chi connectivity index (χ4v) is 4.07. The van der Waals surface area contributed by atoms with Crippen molar-refractivity contribution in [1.29, 1.82) is 0 Å². The SMILES string of the molecule is Cc1ccc(OP(=O)(C=Cc2ccccc2)Oc2ccc(C)c(N=C=O)c2)cc1N=C=O. The lowest BCUT2D eigenvalue weighted by atomic mass is 10.2. The molecule has 3 aromatic rings. The molecule has 0 aliphatic heterocycles. The summed E-state index contributed by atoms with van der Waals surface area (Å²) >= 11 is 0. The first-order valence-corrected chi connectivity index (χ1v) is 11.1. The fraction of sp³-hybridized carbons (Fsp3) is 0.0833. The van der Waals surface area contributed by atoms with E-state index in [1.807, 2.05) is 30.3 Å². The highest BCUT2D eigenvalue weighted by Crippen LogP contribution is 2.51. The molecule has 0 heterocycles. The number of nitrogens with zero attached hydrogens (tertiary/aromatic N) is 2. The van der Waals surface area contributed by atoms with Gasteiger partial charge in [0, 0.05) is 12.1 Å². The van der Waals surface area contributed by atoms with Crippen molar-refractivity contribution in [2.24, 2.45) is 9.98 Å². The number of benzene rings is 3. The molecule has 8 heteroatoms. The molecule has 0 radical (unpaired) electrons. The van der Waals surface area contributed by atoms with Gasteiger partial charge >= 0.3 is 7.60 Å². The molecule has 0 fully saturated rings. The molecule has 32 heavy (non-hydrogen) atoms. The zero-order valence-corrected chi connectivity index (χ0v) is 18.3. The third kappa shape index (κ3) is 6.00. The van der Waals surface area contributed by atoms with E-state index < -0.39 is 7.60 Å². The second-order valence-electron chi connectivity index (χ2n) is 6.75. The number of aliphatic imine (C=N–C) groups is 2. The zero-order chi connectivity index (χ0) is 23.0. The molecular formula is C24H19N2O5P. The highest BCUT2D eigenvalue weighted by molar-refractivity contribution is 7.58. The molecule has 0 amide bonds. The lowest BCUT2D eigenvalue weighted by molar-refractivity contribution is 0.398. The molecular weight excluding hydrogens is 427 g/mol. The van der Waals surface area contributed by atoms with Gasteiger partial charge in [0.15, 0.2) is 0 Å². The quantitative estimate of drug-likeness (QED) is 0.222. The fourth-order valence-electron chi connectivity index (χ4n) is 2.75. The van der Waals surface area contributed by atoms with Crippen LogP contribution in [0.5, 0.6) is 11.5 Å². The minimum Gasteiger partial charge on any atom is -0.413 e. The van der Waals surface area contributed by atoms with Crippen LogP contribution in [0.4, 0.5) is 11.4 Å². The molecule has 0 aliphatic carbocycles. The van der Waals surface area contributed by atoms with Crippen LogP contribution in [-0.4, -0.2) is 12.2 Å². The maximum Gasteiger partial charge on any atom is 0.455 e. The number of hydrogen-bond acceptors (Lipinski definition) is 7. The molecule has 3 rings (SSSR count). The van der Waals surface area contributed by atoms with Crippen LogP contribution in [0.15, 0.2) is 82.5 Å². The van der Waals surface area contributed by atoms with Crippen LogP contribution in [0.2, 0.25) is 0 Å². The summed E-state index contributed by atoms with van der Waals surface area (Å²) in [6.45, 7) is 3.54. The van der Waals surface area contributed by atoms with E-state index in [4.69, 9.17) is 9.05 Å². The normalized spacial score (nSPS) is 12.3. The highest BCUT2D eigenvalue weighted by atomic mass is 31.2. The molecule has 0 atom stereocenters. The van der Waals surface area contributed by atoms with Gasteiger partial charge in [-0.15, -0.1) is 0 Å². The van der Waals surface area contributed by atoms with Crippen molar-refractivity contribution < 1.29 is 23.2 Å². The van der Waals surface area contributed by atoms with E-state index in [1.54, 1.807) is 44.2 Å². The third-order valence-corrected chi connectivity index (χ3v) is 5.85. The number of rotatable bonds is 8. The van der Waals surface area contributed by atoms with Gasteiger partial charge in [-0.3, -0.25) is 0 Å². The van der Waals surface area contributed by atoms with E-state index in [9.17, 15) is 14.2 Å². The van der Waals surface area contributed by atoms with Gasteiger partial charge in [0.05, 0.1) is 17.2 Å². The predicted molar refractivity (Wildman–Crippen MR) is 122 cm³/mol. The number of carbonyl (C=O) groups excluding carboxylic acids is 2. The molecule has 0 N–H and O–H groups in total. The first-order valence-electron chi connectivity index (χ1n) is 9.53. The second kappa shape index (κ2) is 10.3. The maximum absolute atomic E-state index is 13.7. The van der Waals surface area contributed by atoms with Gasteiger partial charge in [-0.05, 0) is 48.7 Å². The van der Waals surface area contributed by atoms with Crippen molar-refractivity contribution in [2.45, 2.75) is 13.8 Å². The van der Waals surface area contributed by atoms with Gasteiger partial charge in [0.25, 0.3) is 0 Å². The summed E-state index contributed by atoms with van der Waals surface area (Å²) in [7, 11) is -3.90. The summed E-state index contributed by atoms with van der Waals surface area (Å²) in [6.07, 6.45) is 4.60. The molecule has 0 unspecified atom stereocenters. The van der Waals surface area contributed by atoms with E-state index in [1.165, 1.54) is 30.1 Å². The summed E-state index contributed by atoms with van der Waals surface area (Å²) in [4.78, 5) is 28.6. The Morgan fingerprint density at radius 2 is 1.28 bits per heavy atom. The third-order valence-electron chi connectivity index (χ3n) is 4.41. The molecule has 0 aromatic heterocycles. The van der Waals surface area contributed by atoms with Gasteiger partial charge in [0.1, 0.15) is 11.5 Å². The average Bonchev–Trinajstić information content (AvgIpc) is 2.78. The molecule has 0 spiro atoms. The Kier molecular flexibility index (Phi) is 7.33. The standard InChI is InChI=1S/C24H19N2O5P/c1-18-8-10-21(14-23(18)25-16-27)30-32(29,13-12-20-6-4-3-5-7-20)31-22-11-9-19(2)24(15-22)26-17-28/h3-15H,1-2H3. The van der Waals surface area contributed by atoms with Gasteiger partial charge in [-0.2, -0.15) is 9.98 Å². The number of isocyanates is 2. The molecule has 7 nitrogen and oxygen atoms in total. The van der Waals surface area contributed by atoms with E-state index in [2.05, 4.69) is 9.98 Å². The molecule has 0 saturated carbocycles. The van der Waals surface area contributed by atoms with Crippen molar-refractivity contribution in [1.82, 2.24) is 0 Å². The van der Waals surface area contributed by atoms with Crippen molar-refractivity contribution >= 4 is 37.2 Å². The minimum atomic E-state index is -3.90. The van der Waals surface area contributed by atoms with Crippen LogP contribution >= 0.6 is 7.60 Å². The second-order valence-corrected chi connectivity index (χ2v) is 8.49. The zero-order valence-electron chi connectivity index (χ0n) is 17.4. The van der Waals surface area contributed by atoms with Crippen molar-refractivity contribution in [3.8, 4) is 11.5 Å². The minimum absolute atomic E-state index is 0.198. The molecule has 160 valence electrons. The summed E-state index contributed by atoms with van der Waals surface area (Å²) in [5.41, 5.74) is 2.94. The summed E-state index contributed by atoms with van der Waals surface area (Å²) in [5, 5.41) is 0. The Labute approximate surface area is 185 Å². The van der Waals surface area contributed by atoms with Crippen LogP contribution in [0.1, 0.15) is 16.7 Å². The van der Waals surface area contributed by atoms with Crippen molar-refractivity contribution in [2.75, 3.05) is 0 Å². The van der Waals surface area contributed by atoms with Crippen molar-refractivity contribution in [3.63, 3.8) is 0 Å². The van der Waals surface area contributed by atoms with E-state index in [0.29, 0.717) is 11.4 Å². The lowest BCUT2D eigenvalue weighted by Gasteiger charge is -2.18. The van der Waals surface area contributed by atoms with Crippen LogP contribution in [0.25, 0.3) is 6.08 Å². The first kappa shape index (κ1) is 22.7. The van der Waals surface area contributed by atoms with Gasteiger partial charge < -0.3 is 9.05 Å². The van der Waals surface area contributed by atoms with Crippen LogP contribution in [-0.2, 0) is 14.2 Å². The Morgan fingerprint density at radius 3 is 1.75 bits per heavy atom. The number of hydrogen-bond donors (Lipinski definition) is 0. The first-order chi connectivity index (χ1) is 15.4. The molecule has 3 aromatic carbocycles. The van der Waals surface area contributed by atoms with Crippen LogP contribution < -0.4 is 9.05 Å². The highest BCUT2D eigenvalue weighted by Gasteiger charge is 2.25. The smallest absolute Gasteiger partial charge is 0.413 e. The van der Waals surface area contributed by atoms with E-state index in [-0.39, 0.29) is 11.5 Å². The van der Waals surface area contributed by atoms with Crippen LogP contribution in [0.3, 0.4) is 0 Å². The summed E-state index contributed by atoms with van der Waals surface area (Å²) in [5.74, 6) is 1.74. The lowest BCUT2D eigenvalue weighted by Crippen LogP contribution is -1.99. The van der Waals surface area contributed by atoms with Crippen molar-refractivity contribution in [3.05, 3.63) is 89.2 Å². The Balaban J connectivity index is 2.00. The van der Waals surface area contributed by atoms with E-state index in [0.717, 1.165) is 16.7 Å². The topological polar surface area (TPSA) is 94.4 Å². The van der Waals surface area contributed by atoms with Gasteiger partial charge in [0.2, 0.25) is 12.2 Å². The Bertz CT molecular complexity index is 1220. The van der Waals surface area contributed by atoms with Gasteiger partial charge in [-0.25, -0.2) is 14.2 Å². The largest absolute Gasteiger partial charge is 0.455 e.